The molecule has 1 unspecified atom stereocenters. The monoisotopic (exact) mass is 238 g/mol. The van der Waals surface area contributed by atoms with Crippen molar-refractivity contribution in [2.45, 2.75) is 78.1 Å². The summed E-state index contributed by atoms with van der Waals surface area (Å²) in [7, 11) is 0. The second kappa shape index (κ2) is 9.94. The molecule has 0 amide bonds. The Morgan fingerprint density at radius 1 is 0.941 bits per heavy atom. The lowest BCUT2D eigenvalue weighted by Gasteiger charge is -2.15. The Bertz CT molecular complexity index is 155. The standard InChI is InChI=1S/C16H32N/c1-15(2)9-5-3-6-10-16-11-7-4-8-13-17-14-12-16/h15-16H,3-14H2,1-2H3. The van der Waals surface area contributed by atoms with Crippen LogP contribution in [0.1, 0.15) is 78.1 Å². The first-order chi connectivity index (χ1) is 8.29. The van der Waals surface area contributed by atoms with Gasteiger partial charge >= 0.3 is 0 Å². The van der Waals surface area contributed by atoms with Gasteiger partial charge in [0.25, 0.3) is 0 Å². The summed E-state index contributed by atoms with van der Waals surface area (Å²) in [6.45, 7) is 6.93. The van der Waals surface area contributed by atoms with Gasteiger partial charge < -0.3 is 0 Å². The maximum absolute atomic E-state index is 4.61. The molecule has 0 bridgehead atoms. The smallest absolute Gasteiger partial charge is 0.0136 e. The first-order valence-electron chi connectivity index (χ1n) is 7.92. The molecule has 17 heavy (non-hydrogen) atoms. The fraction of sp³-hybridized carbons (Fsp3) is 1.00. The van der Waals surface area contributed by atoms with Crippen molar-refractivity contribution in [3.8, 4) is 0 Å². The SMILES string of the molecule is CC(C)CCCCCC1CCCCC[N]CC1. The van der Waals surface area contributed by atoms with Crippen LogP contribution < -0.4 is 5.32 Å². The zero-order valence-corrected chi connectivity index (χ0v) is 12.1. The lowest BCUT2D eigenvalue weighted by atomic mass is 9.92. The van der Waals surface area contributed by atoms with E-state index in [1.807, 2.05) is 0 Å². The highest BCUT2D eigenvalue weighted by Gasteiger charge is 2.10. The fourth-order valence-electron chi connectivity index (χ4n) is 2.81. The first kappa shape index (κ1) is 15.0. The minimum atomic E-state index is 0.888. The predicted molar refractivity (Wildman–Crippen MR) is 76.4 cm³/mol. The molecule has 0 saturated carbocycles. The molecule has 1 nitrogen and oxygen atoms in total. The summed E-state index contributed by atoms with van der Waals surface area (Å²) in [5.41, 5.74) is 0. The Hall–Kier alpha value is -0.0400. The Morgan fingerprint density at radius 3 is 2.65 bits per heavy atom. The molecule has 1 radical (unpaired) electrons. The summed E-state index contributed by atoms with van der Waals surface area (Å²) >= 11 is 0. The normalized spacial score (nSPS) is 23.1. The Kier molecular flexibility index (Phi) is 8.78. The Labute approximate surface area is 109 Å². The zero-order chi connectivity index (χ0) is 12.3. The summed E-state index contributed by atoms with van der Waals surface area (Å²) in [6, 6.07) is 0. The molecule has 1 aliphatic heterocycles. The van der Waals surface area contributed by atoms with Crippen LogP contribution >= 0.6 is 0 Å². The fourth-order valence-corrected chi connectivity index (χ4v) is 2.81. The first-order valence-corrected chi connectivity index (χ1v) is 7.92. The van der Waals surface area contributed by atoms with Gasteiger partial charge in [-0.1, -0.05) is 65.2 Å². The lowest BCUT2D eigenvalue weighted by Crippen LogP contribution is -2.11. The summed E-state index contributed by atoms with van der Waals surface area (Å²) in [5, 5.41) is 4.61. The van der Waals surface area contributed by atoms with Gasteiger partial charge in [-0.15, -0.1) is 0 Å². The molecule has 1 fully saturated rings. The van der Waals surface area contributed by atoms with E-state index in [1.165, 1.54) is 64.2 Å². The number of unbranched alkanes of at least 4 members (excludes halogenated alkanes) is 2. The van der Waals surface area contributed by atoms with E-state index in [0.717, 1.165) is 24.9 Å². The summed E-state index contributed by atoms with van der Waals surface area (Å²) in [5.74, 6) is 1.87. The molecular formula is C16H32N. The average Bonchev–Trinajstić information content (AvgIpc) is 2.42. The van der Waals surface area contributed by atoms with Gasteiger partial charge in [0.1, 0.15) is 0 Å². The number of hydrogen-bond donors (Lipinski definition) is 0. The molecule has 0 aromatic carbocycles. The van der Waals surface area contributed by atoms with Gasteiger partial charge in [0.05, 0.1) is 0 Å². The summed E-state index contributed by atoms with van der Waals surface area (Å²) < 4.78 is 0. The molecule has 1 aliphatic rings. The van der Waals surface area contributed by atoms with Crippen molar-refractivity contribution >= 4 is 0 Å². The van der Waals surface area contributed by atoms with Crippen molar-refractivity contribution in [2.75, 3.05) is 13.1 Å². The second-order valence-corrected chi connectivity index (χ2v) is 6.21. The lowest BCUT2D eigenvalue weighted by molar-refractivity contribution is 0.385. The molecule has 0 aromatic heterocycles. The molecule has 1 atom stereocenters. The van der Waals surface area contributed by atoms with Gasteiger partial charge in [-0.3, -0.25) is 0 Å². The van der Waals surface area contributed by atoms with Crippen LogP contribution in [0.25, 0.3) is 0 Å². The van der Waals surface area contributed by atoms with Crippen LogP contribution in [0.3, 0.4) is 0 Å². The third-order valence-electron chi connectivity index (χ3n) is 4.02. The highest BCUT2D eigenvalue weighted by molar-refractivity contribution is 4.65. The predicted octanol–water partition coefficient (Wildman–Crippen LogP) is 4.78. The molecule has 0 aromatic rings. The van der Waals surface area contributed by atoms with Gasteiger partial charge in [-0.2, -0.15) is 0 Å². The van der Waals surface area contributed by atoms with Crippen molar-refractivity contribution in [2.24, 2.45) is 11.8 Å². The topological polar surface area (TPSA) is 14.1 Å². The van der Waals surface area contributed by atoms with Crippen molar-refractivity contribution in [1.82, 2.24) is 5.32 Å². The van der Waals surface area contributed by atoms with E-state index in [4.69, 9.17) is 0 Å². The molecule has 1 rings (SSSR count). The van der Waals surface area contributed by atoms with E-state index in [0.29, 0.717) is 0 Å². The maximum Gasteiger partial charge on any atom is 0.0136 e. The molecule has 0 aliphatic carbocycles. The summed E-state index contributed by atoms with van der Waals surface area (Å²) in [4.78, 5) is 0. The Morgan fingerprint density at radius 2 is 1.82 bits per heavy atom. The summed E-state index contributed by atoms with van der Waals surface area (Å²) in [6.07, 6.45) is 14.3. The van der Waals surface area contributed by atoms with Gasteiger partial charge in [0.2, 0.25) is 0 Å². The second-order valence-electron chi connectivity index (χ2n) is 6.21. The highest BCUT2D eigenvalue weighted by atomic mass is 14.8. The molecule has 1 saturated heterocycles. The average molecular weight is 238 g/mol. The minimum absolute atomic E-state index is 0.888. The van der Waals surface area contributed by atoms with Gasteiger partial charge in [-0.25, -0.2) is 5.32 Å². The Balaban J connectivity index is 2.02. The van der Waals surface area contributed by atoms with E-state index in [2.05, 4.69) is 19.2 Å². The quantitative estimate of drug-likeness (QED) is 0.591. The van der Waals surface area contributed by atoms with Gasteiger partial charge in [0.15, 0.2) is 0 Å². The number of rotatable bonds is 6. The van der Waals surface area contributed by atoms with Crippen molar-refractivity contribution in [1.29, 1.82) is 0 Å². The largest absolute Gasteiger partial charge is 0.242 e. The third kappa shape index (κ3) is 8.65. The van der Waals surface area contributed by atoms with Crippen LogP contribution in [-0.4, -0.2) is 13.1 Å². The van der Waals surface area contributed by atoms with Crippen LogP contribution in [0.4, 0.5) is 0 Å². The van der Waals surface area contributed by atoms with Crippen LogP contribution in [0.5, 0.6) is 0 Å². The third-order valence-corrected chi connectivity index (χ3v) is 4.02. The molecule has 0 N–H and O–H groups in total. The van der Waals surface area contributed by atoms with Crippen molar-refractivity contribution in [3.05, 3.63) is 0 Å². The van der Waals surface area contributed by atoms with Gasteiger partial charge in [0, 0.05) is 13.1 Å². The van der Waals surface area contributed by atoms with E-state index in [9.17, 15) is 0 Å². The van der Waals surface area contributed by atoms with Crippen molar-refractivity contribution < 1.29 is 0 Å². The van der Waals surface area contributed by atoms with E-state index < -0.39 is 0 Å². The van der Waals surface area contributed by atoms with Crippen LogP contribution in [0, 0.1) is 11.8 Å². The highest BCUT2D eigenvalue weighted by Crippen LogP contribution is 2.22. The molecule has 1 heterocycles. The molecule has 0 spiro atoms. The van der Waals surface area contributed by atoms with E-state index >= 15 is 0 Å². The van der Waals surface area contributed by atoms with E-state index in [-0.39, 0.29) is 0 Å². The minimum Gasteiger partial charge on any atom is -0.242 e. The molecular weight excluding hydrogens is 206 g/mol. The van der Waals surface area contributed by atoms with Crippen LogP contribution in [0.2, 0.25) is 0 Å². The van der Waals surface area contributed by atoms with Crippen LogP contribution in [0.15, 0.2) is 0 Å². The number of nitrogens with zero attached hydrogens (tertiary/aromatic N) is 1. The van der Waals surface area contributed by atoms with E-state index in [1.54, 1.807) is 0 Å². The molecule has 101 valence electrons. The maximum atomic E-state index is 4.61. The molecule has 1 heteroatoms. The van der Waals surface area contributed by atoms with Crippen LogP contribution in [-0.2, 0) is 0 Å². The van der Waals surface area contributed by atoms with Crippen molar-refractivity contribution in [3.63, 3.8) is 0 Å². The zero-order valence-electron chi connectivity index (χ0n) is 12.1. The number of hydrogen-bond acceptors (Lipinski definition) is 0. The van der Waals surface area contributed by atoms with Gasteiger partial charge in [-0.05, 0) is 24.7 Å².